The third-order valence-electron chi connectivity index (χ3n) is 3.70. The van der Waals surface area contributed by atoms with E-state index in [1.165, 1.54) is 6.07 Å². The number of furan rings is 1. The molecular formula is C18H21NO4. The molecular weight excluding hydrogens is 294 g/mol. The van der Waals surface area contributed by atoms with Crippen LogP contribution in [0.2, 0.25) is 0 Å². The molecule has 0 aliphatic heterocycles. The number of carboxylic acid groups (broad SMARTS) is 1. The number of nitrogens with one attached hydrogen (secondary N) is 1. The van der Waals surface area contributed by atoms with Crippen molar-refractivity contribution in [3.8, 4) is 0 Å². The van der Waals surface area contributed by atoms with E-state index in [1.807, 2.05) is 44.2 Å². The second kappa shape index (κ2) is 7.13. The van der Waals surface area contributed by atoms with Gasteiger partial charge in [-0.05, 0) is 11.5 Å². The van der Waals surface area contributed by atoms with Crippen molar-refractivity contribution in [1.82, 2.24) is 5.32 Å². The van der Waals surface area contributed by atoms with Gasteiger partial charge in [0.2, 0.25) is 0 Å². The fourth-order valence-electron chi connectivity index (χ4n) is 2.49. The van der Waals surface area contributed by atoms with Gasteiger partial charge in [-0.15, -0.1) is 0 Å². The van der Waals surface area contributed by atoms with E-state index in [0.717, 1.165) is 5.56 Å². The average Bonchev–Trinajstić information content (AvgIpc) is 2.97. The van der Waals surface area contributed by atoms with Crippen molar-refractivity contribution in [3.63, 3.8) is 0 Å². The molecule has 0 saturated carbocycles. The molecule has 1 aromatic heterocycles. The van der Waals surface area contributed by atoms with Crippen molar-refractivity contribution in [1.29, 1.82) is 0 Å². The van der Waals surface area contributed by atoms with Gasteiger partial charge in [0.15, 0.2) is 5.76 Å². The van der Waals surface area contributed by atoms with Crippen LogP contribution < -0.4 is 5.32 Å². The van der Waals surface area contributed by atoms with E-state index in [9.17, 15) is 9.59 Å². The van der Waals surface area contributed by atoms with E-state index < -0.39 is 11.9 Å². The molecule has 5 heteroatoms. The Balaban J connectivity index is 2.24. The second-order valence-electron chi connectivity index (χ2n) is 5.71. The largest absolute Gasteiger partial charge is 0.478 e. The molecule has 23 heavy (non-hydrogen) atoms. The molecule has 0 radical (unpaired) electrons. The number of aryl methyl sites for hydroxylation is 1. The van der Waals surface area contributed by atoms with Gasteiger partial charge in [0.25, 0.3) is 5.91 Å². The van der Waals surface area contributed by atoms with E-state index in [4.69, 9.17) is 9.52 Å². The standard InChI is InChI=1S/C18H21NO4/c1-4-14-13(18(21)22)10-15(23-14)17(20)19-16(11(2)3)12-8-6-5-7-9-12/h5-11,16H,4H2,1-3H3,(H,19,20)(H,21,22). The monoisotopic (exact) mass is 315 g/mol. The lowest BCUT2D eigenvalue weighted by atomic mass is 9.96. The fraction of sp³-hybridized carbons (Fsp3) is 0.333. The molecule has 2 aromatic rings. The van der Waals surface area contributed by atoms with Gasteiger partial charge in [0.05, 0.1) is 6.04 Å². The lowest BCUT2D eigenvalue weighted by Gasteiger charge is -2.22. The Hall–Kier alpha value is -2.56. The molecule has 1 heterocycles. The number of aromatic carboxylic acids is 1. The first-order valence-corrected chi connectivity index (χ1v) is 7.65. The number of carbonyl (C=O) groups is 2. The van der Waals surface area contributed by atoms with Crippen molar-refractivity contribution in [2.75, 3.05) is 0 Å². The zero-order chi connectivity index (χ0) is 17.0. The summed E-state index contributed by atoms with van der Waals surface area (Å²) >= 11 is 0. The summed E-state index contributed by atoms with van der Waals surface area (Å²) in [6, 6.07) is 10.8. The van der Waals surface area contributed by atoms with E-state index in [-0.39, 0.29) is 23.3 Å². The molecule has 0 spiro atoms. The topological polar surface area (TPSA) is 79.5 Å². The summed E-state index contributed by atoms with van der Waals surface area (Å²) in [6.07, 6.45) is 0.418. The van der Waals surface area contributed by atoms with Crippen LogP contribution in [0.4, 0.5) is 0 Å². The number of rotatable bonds is 6. The fourth-order valence-corrected chi connectivity index (χ4v) is 2.49. The number of hydrogen-bond acceptors (Lipinski definition) is 3. The first-order chi connectivity index (χ1) is 10.9. The minimum atomic E-state index is -1.09. The second-order valence-corrected chi connectivity index (χ2v) is 5.71. The van der Waals surface area contributed by atoms with Crippen LogP contribution in [0.5, 0.6) is 0 Å². The van der Waals surface area contributed by atoms with Crippen LogP contribution in [0.15, 0.2) is 40.8 Å². The molecule has 5 nitrogen and oxygen atoms in total. The van der Waals surface area contributed by atoms with Crippen molar-refractivity contribution in [2.45, 2.75) is 33.2 Å². The SMILES string of the molecule is CCc1oc(C(=O)NC(c2ccccc2)C(C)C)cc1C(=O)O. The van der Waals surface area contributed by atoms with Gasteiger partial charge in [-0.25, -0.2) is 4.79 Å². The molecule has 0 fully saturated rings. The molecule has 1 unspecified atom stereocenters. The quantitative estimate of drug-likeness (QED) is 0.852. The highest BCUT2D eigenvalue weighted by molar-refractivity contribution is 5.96. The maximum absolute atomic E-state index is 12.4. The van der Waals surface area contributed by atoms with E-state index in [2.05, 4.69) is 5.32 Å². The summed E-state index contributed by atoms with van der Waals surface area (Å²) in [5.41, 5.74) is 1.04. The minimum absolute atomic E-state index is 0.0285. The molecule has 0 aliphatic carbocycles. The zero-order valence-electron chi connectivity index (χ0n) is 13.5. The molecule has 2 rings (SSSR count). The predicted octanol–water partition coefficient (Wildman–Crippen LogP) is 3.67. The highest BCUT2D eigenvalue weighted by Gasteiger charge is 2.24. The summed E-state index contributed by atoms with van der Waals surface area (Å²) in [4.78, 5) is 23.6. The summed E-state index contributed by atoms with van der Waals surface area (Å²) in [7, 11) is 0. The van der Waals surface area contributed by atoms with Gasteiger partial charge < -0.3 is 14.8 Å². The first-order valence-electron chi connectivity index (χ1n) is 7.65. The lowest BCUT2D eigenvalue weighted by Crippen LogP contribution is -2.31. The maximum Gasteiger partial charge on any atom is 0.339 e. The van der Waals surface area contributed by atoms with Crippen LogP contribution in [0, 0.1) is 5.92 Å². The third-order valence-corrected chi connectivity index (χ3v) is 3.70. The number of hydrogen-bond donors (Lipinski definition) is 2. The zero-order valence-corrected chi connectivity index (χ0v) is 13.5. The van der Waals surface area contributed by atoms with Gasteiger partial charge in [-0.3, -0.25) is 4.79 Å². The highest BCUT2D eigenvalue weighted by atomic mass is 16.4. The molecule has 0 aliphatic rings. The normalized spacial score (nSPS) is 12.2. The summed E-state index contributed by atoms with van der Waals surface area (Å²) in [5, 5.41) is 12.1. The van der Waals surface area contributed by atoms with Gasteiger partial charge in [-0.2, -0.15) is 0 Å². The Kier molecular flexibility index (Phi) is 5.21. The van der Waals surface area contributed by atoms with E-state index in [1.54, 1.807) is 6.92 Å². The predicted molar refractivity (Wildman–Crippen MR) is 86.5 cm³/mol. The first kappa shape index (κ1) is 16.8. The number of carboxylic acids is 1. The average molecular weight is 315 g/mol. The van der Waals surface area contributed by atoms with Crippen LogP contribution in [0.3, 0.4) is 0 Å². The van der Waals surface area contributed by atoms with Gasteiger partial charge in [0.1, 0.15) is 11.3 Å². The number of benzene rings is 1. The molecule has 1 atom stereocenters. The minimum Gasteiger partial charge on any atom is -0.478 e. The van der Waals surface area contributed by atoms with Crippen LogP contribution in [0.25, 0.3) is 0 Å². The highest BCUT2D eigenvalue weighted by Crippen LogP contribution is 2.23. The Morgan fingerprint density at radius 1 is 1.22 bits per heavy atom. The summed E-state index contributed by atoms with van der Waals surface area (Å²) in [5.74, 6) is -0.979. The molecule has 1 amide bonds. The Morgan fingerprint density at radius 3 is 2.35 bits per heavy atom. The van der Waals surface area contributed by atoms with Crippen molar-refractivity contribution in [3.05, 3.63) is 59.0 Å². The van der Waals surface area contributed by atoms with Gasteiger partial charge in [-0.1, -0.05) is 51.1 Å². The summed E-state index contributed by atoms with van der Waals surface area (Å²) < 4.78 is 5.41. The Bertz CT molecular complexity index is 688. The van der Waals surface area contributed by atoms with Crippen molar-refractivity contribution in [2.24, 2.45) is 5.92 Å². The van der Waals surface area contributed by atoms with Crippen molar-refractivity contribution < 1.29 is 19.1 Å². The number of carbonyl (C=O) groups excluding carboxylic acids is 1. The van der Waals surface area contributed by atoms with Crippen LogP contribution >= 0.6 is 0 Å². The maximum atomic E-state index is 12.4. The van der Waals surface area contributed by atoms with Crippen LogP contribution in [-0.4, -0.2) is 17.0 Å². The Labute approximate surface area is 135 Å². The van der Waals surface area contributed by atoms with E-state index >= 15 is 0 Å². The van der Waals surface area contributed by atoms with Gasteiger partial charge >= 0.3 is 5.97 Å². The van der Waals surface area contributed by atoms with Gasteiger partial charge in [0, 0.05) is 12.5 Å². The molecule has 0 saturated heterocycles. The molecule has 1 aromatic carbocycles. The molecule has 2 N–H and O–H groups in total. The third kappa shape index (κ3) is 3.80. The molecule has 122 valence electrons. The number of amides is 1. The van der Waals surface area contributed by atoms with Crippen LogP contribution in [0.1, 0.15) is 59.0 Å². The molecule has 0 bridgehead atoms. The summed E-state index contributed by atoms with van der Waals surface area (Å²) in [6.45, 7) is 5.81. The smallest absolute Gasteiger partial charge is 0.339 e. The Morgan fingerprint density at radius 2 is 1.87 bits per heavy atom. The lowest BCUT2D eigenvalue weighted by molar-refractivity contribution is 0.0694. The van der Waals surface area contributed by atoms with E-state index in [0.29, 0.717) is 12.2 Å². The van der Waals surface area contributed by atoms with Crippen LogP contribution in [-0.2, 0) is 6.42 Å². The van der Waals surface area contributed by atoms with Crippen molar-refractivity contribution >= 4 is 11.9 Å².